The summed E-state index contributed by atoms with van der Waals surface area (Å²) in [6.07, 6.45) is 3.75. The molecule has 0 unspecified atom stereocenters. The summed E-state index contributed by atoms with van der Waals surface area (Å²) in [5.41, 5.74) is 6.17. The second kappa shape index (κ2) is 5.08. The Kier molecular flexibility index (Phi) is 3.52. The van der Waals surface area contributed by atoms with Gasteiger partial charge in [0.15, 0.2) is 5.82 Å². The zero-order valence-electron chi connectivity index (χ0n) is 8.83. The molecule has 2 aromatic rings. The number of nitrogens with zero attached hydrogens (tertiary/aromatic N) is 5. The fraction of sp³-hybridized carbons (Fsp3) is 0.500. The van der Waals surface area contributed by atoms with Crippen LogP contribution in [0.4, 0.5) is 0 Å². The first-order valence-corrected chi connectivity index (χ1v) is 6.10. The van der Waals surface area contributed by atoms with Gasteiger partial charge in [0, 0.05) is 6.54 Å². The summed E-state index contributed by atoms with van der Waals surface area (Å²) in [6, 6.07) is 0. The number of thioether (sulfide) groups is 1. The van der Waals surface area contributed by atoms with Crippen molar-refractivity contribution in [3.05, 3.63) is 23.6 Å². The van der Waals surface area contributed by atoms with Gasteiger partial charge in [-0.3, -0.25) is 0 Å². The summed E-state index contributed by atoms with van der Waals surface area (Å²) in [5, 5.41) is 11.6. The van der Waals surface area contributed by atoms with Crippen LogP contribution in [0.2, 0.25) is 0 Å². The maximum Gasteiger partial charge on any atom is 0.248 e. The zero-order valence-corrected chi connectivity index (χ0v) is 9.65. The quantitative estimate of drug-likeness (QED) is 0.787. The molecule has 16 heavy (non-hydrogen) atoms. The Bertz CT molecular complexity index is 453. The lowest BCUT2D eigenvalue weighted by atomic mass is 10.5. The van der Waals surface area contributed by atoms with Gasteiger partial charge >= 0.3 is 0 Å². The highest BCUT2D eigenvalue weighted by Crippen LogP contribution is 2.06. The normalized spacial score (nSPS) is 10.9. The molecule has 2 rings (SSSR count). The van der Waals surface area contributed by atoms with Crippen molar-refractivity contribution in [2.45, 2.75) is 18.8 Å². The van der Waals surface area contributed by atoms with Gasteiger partial charge in [-0.25, -0.2) is 4.68 Å². The molecule has 7 nitrogen and oxygen atoms in total. The third-order valence-corrected chi connectivity index (χ3v) is 2.42. The van der Waals surface area contributed by atoms with Gasteiger partial charge in [0.25, 0.3) is 0 Å². The number of hydrogen-bond donors (Lipinski definition) is 1. The fourth-order valence-corrected chi connectivity index (χ4v) is 1.57. The van der Waals surface area contributed by atoms with E-state index in [-0.39, 0.29) is 0 Å². The SMILES string of the molecule is CSCc1noc(Cn2cc(CN)nn2)n1. The predicted molar refractivity (Wildman–Crippen MR) is 58.5 cm³/mol. The Balaban J connectivity index is 2.02. The van der Waals surface area contributed by atoms with Gasteiger partial charge in [-0.2, -0.15) is 16.7 Å². The molecule has 0 spiro atoms. The van der Waals surface area contributed by atoms with Crippen LogP contribution < -0.4 is 5.73 Å². The van der Waals surface area contributed by atoms with E-state index in [1.807, 2.05) is 6.26 Å². The average Bonchev–Trinajstić information content (AvgIpc) is 2.89. The van der Waals surface area contributed by atoms with Crippen molar-refractivity contribution in [2.24, 2.45) is 5.73 Å². The number of nitrogens with two attached hydrogens (primary N) is 1. The summed E-state index contributed by atoms with van der Waals surface area (Å²) in [7, 11) is 0. The number of rotatable bonds is 5. The van der Waals surface area contributed by atoms with Crippen molar-refractivity contribution < 1.29 is 4.52 Å². The average molecular weight is 240 g/mol. The van der Waals surface area contributed by atoms with Crippen LogP contribution in [0.15, 0.2) is 10.7 Å². The molecule has 0 amide bonds. The smallest absolute Gasteiger partial charge is 0.248 e. The van der Waals surface area contributed by atoms with Crippen LogP contribution in [-0.2, 0) is 18.8 Å². The minimum atomic E-state index is 0.377. The molecule has 2 aromatic heterocycles. The van der Waals surface area contributed by atoms with Crippen LogP contribution in [-0.4, -0.2) is 31.4 Å². The molecule has 0 saturated heterocycles. The first-order valence-electron chi connectivity index (χ1n) is 4.71. The van der Waals surface area contributed by atoms with E-state index in [0.29, 0.717) is 24.8 Å². The largest absolute Gasteiger partial charge is 0.337 e. The predicted octanol–water partition coefficient (Wildman–Crippen LogP) is 0.0311. The topological polar surface area (TPSA) is 95.7 Å². The Morgan fingerprint density at radius 2 is 2.44 bits per heavy atom. The lowest BCUT2D eigenvalue weighted by molar-refractivity contribution is 0.361. The van der Waals surface area contributed by atoms with Crippen molar-refractivity contribution >= 4 is 11.8 Å². The van der Waals surface area contributed by atoms with Gasteiger partial charge in [0.1, 0.15) is 6.54 Å². The molecule has 0 aliphatic heterocycles. The number of hydrogen-bond acceptors (Lipinski definition) is 7. The summed E-state index contributed by atoms with van der Waals surface area (Å²) in [6.45, 7) is 0.802. The molecular weight excluding hydrogens is 228 g/mol. The second-order valence-electron chi connectivity index (χ2n) is 3.15. The summed E-state index contributed by atoms with van der Waals surface area (Å²) in [5.74, 6) is 1.97. The maximum absolute atomic E-state index is 5.43. The Morgan fingerprint density at radius 3 is 3.12 bits per heavy atom. The molecule has 86 valence electrons. The summed E-state index contributed by atoms with van der Waals surface area (Å²) in [4.78, 5) is 4.21. The minimum absolute atomic E-state index is 0.377. The standard InChI is InChI=1S/C8H12N6OS/c1-16-5-7-10-8(15-12-7)4-14-3-6(2-9)11-13-14/h3H,2,4-5,9H2,1H3. The van der Waals surface area contributed by atoms with Crippen molar-refractivity contribution in [3.63, 3.8) is 0 Å². The van der Waals surface area contributed by atoms with Crippen LogP contribution in [0.1, 0.15) is 17.4 Å². The molecule has 0 bridgehead atoms. The molecule has 0 aliphatic rings. The van der Waals surface area contributed by atoms with Crippen molar-refractivity contribution in [3.8, 4) is 0 Å². The van der Waals surface area contributed by atoms with E-state index in [1.165, 1.54) is 0 Å². The van der Waals surface area contributed by atoms with E-state index < -0.39 is 0 Å². The first kappa shape index (κ1) is 11.1. The molecule has 0 aliphatic carbocycles. The van der Waals surface area contributed by atoms with Crippen LogP contribution in [0.3, 0.4) is 0 Å². The summed E-state index contributed by atoms with van der Waals surface area (Å²) >= 11 is 1.65. The lowest BCUT2D eigenvalue weighted by Gasteiger charge is -1.91. The van der Waals surface area contributed by atoms with Gasteiger partial charge in [-0.15, -0.1) is 5.10 Å². The highest BCUT2D eigenvalue weighted by Gasteiger charge is 2.07. The van der Waals surface area contributed by atoms with E-state index >= 15 is 0 Å². The molecule has 0 atom stereocenters. The lowest BCUT2D eigenvalue weighted by Crippen LogP contribution is -2.01. The van der Waals surface area contributed by atoms with Gasteiger partial charge in [0.05, 0.1) is 17.6 Å². The zero-order chi connectivity index (χ0) is 11.4. The highest BCUT2D eigenvalue weighted by molar-refractivity contribution is 7.97. The van der Waals surface area contributed by atoms with Gasteiger partial charge in [-0.05, 0) is 6.26 Å². The summed E-state index contributed by atoms with van der Waals surface area (Å²) < 4.78 is 6.69. The molecule has 8 heteroatoms. The first-order chi connectivity index (χ1) is 7.81. The molecule has 0 aromatic carbocycles. The van der Waals surface area contributed by atoms with Crippen LogP contribution in [0.25, 0.3) is 0 Å². The second-order valence-corrected chi connectivity index (χ2v) is 4.01. The van der Waals surface area contributed by atoms with E-state index in [1.54, 1.807) is 22.6 Å². The molecule has 0 fully saturated rings. The van der Waals surface area contributed by atoms with Gasteiger partial charge in [-0.1, -0.05) is 10.4 Å². The monoisotopic (exact) mass is 240 g/mol. The third-order valence-electron chi connectivity index (χ3n) is 1.88. The fourth-order valence-electron chi connectivity index (χ4n) is 1.19. The third kappa shape index (κ3) is 2.58. The molecule has 0 radical (unpaired) electrons. The Labute approximate surface area is 96.4 Å². The van der Waals surface area contributed by atoms with E-state index in [9.17, 15) is 0 Å². The molecule has 0 saturated carbocycles. The van der Waals surface area contributed by atoms with Crippen molar-refractivity contribution in [2.75, 3.05) is 6.26 Å². The Hall–Kier alpha value is -1.41. The highest BCUT2D eigenvalue weighted by atomic mass is 32.2. The maximum atomic E-state index is 5.43. The van der Waals surface area contributed by atoms with E-state index in [4.69, 9.17) is 10.3 Å². The van der Waals surface area contributed by atoms with Crippen molar-refractivity contribution in [1.82, 2.24) is 25.1 Å². The van der Waals surface area contributed by atoms with E-state index in [0.717, 1.165) is 11.4 Å². The Morgan fingerprint density at radius 1 is 1.56 bits per heavy atom. The van der Waals surface area contributed by atoms with Crippen molar-refractivity contribution in [1.29, 1.82) is 0 Å². The minimum Gasteiger partial charge on any atom is -0.337 e. The van der Waals surface area contributed by atoms with Crippen LogP contribution in [0, 0.1) is 0 Å². The van der Waals surface area contributed by atoms with Gasteiger partial charge < -0.3 is 10.3 Å². The molecule has 2 N–H and O–H groups in total. The molecular formula is C8H12N6OS. The van der Waals surface area contributed by atoms with E-state index in [2.05, 4.69) is 20.5 Å². The number of aromatic nitrogens is 5. The van der Waals surface area contributed by atoms with Crippen LogP contribution >= 0.6 is 11.8 Å². The molecule has 2 heterocycles. The van der Waals surface area contributed by atoms with Gasteiger partial charge in [0.2, 0.25) is 5.89 Å². The van der Waals surface area contributed by atoms with Crippen LogP contribution in [0.5, 0.6) is 0 Å².